The summed E-state index contributed by atoms with van der Waals surface area (Å²) >= 11 is 0. The molecule has 1 N–H and O–H groups in total. The van der Waals surface area contributed by atoms with Gasteiger partial charge >= 0.3 is 0 Å². The van der Waals surface area contributed by atoms with Gasteiger partial charge in [0, 0.05) is 24.4 Å². The highest BCUT2D eigenvalue weighted by molar-refractivity contribution is 5.23. The van der Waals surface area contributed by atoms with Crippen molar-refractivity contribution in [1.82, 2.24) is 4.98 Å². The lowest BCUT2D eigenvalue weighted by molar-refractivity contribution is 0.168. The third-order valence-corrected chi connectivity index (χ3v) is 2.00. The van der Waals surface area contributed by atoms with E-state index < -0.39 is 6.10 Å². The van der Waals surface area contributed by atoms with Crippen molar-refractivity contribution in [2.24, 2.45) is 0 Å². The van der Waals surface area contributed by atoms with Gasteiger partial charge in [-0.3, -0.25) is 4.98 Å². The molecule has 0 radical (unpaired) electrons. The van der Waals surface area contributed by atoms with Gasteiger partial charge in [-0.05, 0) is 25.0 Å². The smallest absolute Gasteiger partial charge is 0.0816 e. The summed E-state index contributed by atoms with van der Waals surface area (Å²) in [5.41, 5.74) is 1.93. The van der Waals surface area contributed by atoms with Crippen LogP contribution in [0.25, 0.3) is 0 Å². The van der Waals surface area contributed by atoms with Gasteiger partial charge in [-0.2, -0.15) is 0 Å². The van der Waals surface area contributed by atoms with Crippen molar-refractivity contribution in [3.63, 3.8) is 0 Å². The van der Waals surface area contributed by atoms with Crippen LogP contribution >= 0.6 is 0 Å². The number of rotatable bonds is 3. The van der Waals surface area contributed by atoms with Gasteiger partial charge in [0.05, 0.1) is 6.10 Å². The fourth-order valence-electron chi connectivity index (χ4n) is 1.20. The van der Waals surface area contributed by atoms with Crippen LogP contribution in [0.3, 0.4) is 0 Å². The maximum atomic E-state index is 9.70. The number of hydrogen-bond acceptors (Lipinski definition) is 2. The molecule has 1 atom stereocenters. The minimum atomic E-state index is -0.482. The fraction of sp³-hybridized carbons (Fsp3) is 0.364. The van der Waals surface area contributed by atoms with Crippen LogP contribution in [0, 0.1) is 19.3 Å². The Bertz CT molecular complexity index is 314. The summed E-state index contributed by atoms with van der Waals surface area (Å²) in [5, 5.41) is 9.70. The molecule has 0 aliphatic heterocycles. The number of aliphatic hydroxyl groups is 1. The van der Waals surface area contributed by atoms with E-state index in [4.69, 9.17) is 6.42 Å². The largest absolute Gasteiger partial charge is 0.388 e. The molecule has 0 bridgehead atoms. The summed E-state index contributed by atoms with van der Waals surface area (Å²) in [7, 11) is 0. The van der Waals surface area contributed by atoms with Crippen molar-refractivity contribution in [2.75, 3.05) is 0 Å². The molecule has 13 heavy (non-hydrogen) atoms. The molecule has 0 saturated heterocycles. The maximum Gasteiger partial charge on any atom is 0.0816 e. The predicted molar refractivity (Wildman–Crippen MR) is 52.0 cm³/mol. The van der Waals surface area contributed by atoms with Crippen LogP contribution in [-0.2, 0) is 0 Å². The van der Waals surface area contributed by atoms with Gasteiger partial charge in [0.15, 0.2) is 0 Å². The van der Waals surface area contributed by atoms with Crippen LogP contribution in [-0.4, -0.2) is 10.1 Å². The number of nitrogens with zero attached hydrogens (tertiary/aromatic N) is 1. The van der Waals surface area contributed by atoms with Crippen LogP contribution in [0.4, 0.5) is 0 Å². The normalized spacial score (nSPS) is 12.1. The zero-order valence-electron chi connectivity index (χ0n) is 7.70. The van der Waals surface area contributed by atoms with E-state index in [2.05, 4.69) is 10.9 Å². The molecule has 0 saturated carbocycles. The molecule has 1 aromatic heterocycles. The number of aryl methyl sites for hydroxylation is 1. The third kappa shape index (κ3) is 2.57. The Morgan fingerprint density at radius 3 is 3.08 bits per heavy atom. The van der Waals surface area contributed by atoms with Crippen molar-refractivity contribution in [1.29, 1.82) is 0 Å². The second-order valence-electron chi connectivity index (χ2n) is 2.99. The number of terminal acetylenes is 1. The number of pyridine rings is 1. The van der Waals surface area contributed by atoms with Gasteiger partial charge in [-0.15, -0.1) is 12.3 Å². The first kappa shape index (κ1) is 9.76. The Morgan fingerprint density at radius 2 is 2.46 bits per heavy atom. The highest BCUT2D eigenvalue weighted by atomic mass is 16.3. The zero-order valence-corrected chi connectivity index (χ0v) is 7.70. The monoisotopic (exact) mass is 175 g/mol. The molecule has 0 aliphatic carbocycles. The predicted octanol–water partition coefficient (Wildman–Crippen LogP) is 1.84. The summed E-state index contributed by atoms with van der Waals surface area (Å²) < 4.78 is 0. The molecule has 0 spiro atoms. The summed E-state index contributed by atoms with van der Waals surface area (Å²) in [4.78, 5) is 3.96. The fourth-order valence-corrected chi connectivity index (χ4v) is 1.20. The van der Waals surface area contributed by atoms with Crippen molar-refractivity contribution < 1.29 is 5.11 Å². The lowest BCUT2D eigenvalue weighted by Gasteiger charge is -2.10. The Morgan fingerprint density at radius 1 is 1.69 bits per heavy atom. The molecule has 0 aromatic carbocycles. The van der Waals surface area contributed by atoms with Gasteiger partial charge in [0.25, 0.3) is 0 Å². The number of aliphatic hydroxyl groups excluding tert-OH is 1. The van der Waals surface area contributed by atoms with Crippen LogP contribution < -0.4 is 0 Å². The maximum absolute atomic E-state index is 9.70. The minimum absolute atomic E-state index is 0.482. The zero-order chi connectivity index (χ0) is 9.68. The van der Waals surface area contributed by atoms with E-state index in [1.54, 1.807) is 12.4 Å². The third-order valence-electron chi connectivity index (χ3n) is 2.00. The van der Waals surface area contributed by atoms with Crippen molar-refractivity contribution in [3.8, 4) is 12.3 Å². The Kier molecular flexibility index (Phi) is 3.48. The first-order chi connectivity index (χ1) is 6.25. The molecule has 0 fully saturated rings. The van der Waals surface area contributed by atoms with Crippen LogP contribution in [0.2, 0.25) is 0 Å². The van der Waals surface area contributed by atoms with E-state index in [0.717, 1.165) is 11.1 Å². The lowest BCUT2D eigenvalue weighted by Crippen LogP contribution is -2.00. The molecule has 2 nitrogen and oxygen atoms in total. The van der Waals surface area contributed by atoms with Crippen molar-refractivity contribution in [3.05, 3.63) is 29.6 Å². The highest BCUT2D eigenvalue weighted by Crippen LogP contribution is 2.19. The molecule has 1 unspecified atom stereocenters. The second kappa shape index (κ2) is 4.64. The molecule has 0 aliphatic rings. The van der Waals surface area contributed by atoms with Crippen LogP contribution in [0.5, 0.6) is 0 Å². The van der Waals surface area contributed by atoms with Crippen LogP contribution in [0.1, 0.15) is 30.1 Å². The first-order valence-electron chi connectivity index (χ1n) is 4.27. The summed E-state index contributed by atoms with van der Waals surface area (Å²) in [5.74, 6) is 2.51. The molecule has 2 heteroatoms. The summed E-state index contributed by atoms with van der Waals surface area (Å²) in [6.45, 7) is 1.95. The van der Waals surface area contributed by atoms with Gasteiger partial charge in [-0.1, -0.05) is 0 Å². The number of aromatic nitrogens is 1. The highest BCUT2D eigenvalue weighted by Gasteiger charge is 2.08. The topological polar surface area (TPSA) is 33.1 Å². The van der Waals surface area contributed by atoms with Gasteiger partial charge in [0.2, 0.25) is 0 Å². The van der Waals surface area contributed by atoms with E-state index in [-0.39, 0.29) is 0 Å². The molecular formula is C11H13NO. The Labute approximate surface area is 78.6 Å². The SMILES string of the molecule is C#CCCC(O)c1cnccc1C. The average Bonchev–Trinajstić information content (AvgIpc) is 2.15. The molecule has 1 rings (SSSR count). The van der Waals surface area contributed by atoms with E-state index in [1.165, 1.54) is 0 Å². The lowest BCUT2D eigenvalue weighted by atomic mass is 10.0. The van der Waals surface area contributed by atoms with Gasteiger partial charge in [0.1, 0.15) is 0 Å². The van der Waals surface area contributed by atoms with E-state index in [1.807, 2.05) is 13.0 Å². The van der Waals surface area contributed by atoms with Crippen molar-refractivity contribution >= 4 is 0 Å². The molecule has 1 aromatic rings. The number of hydrogen-bond donors (Lipinski definition) is 1. The first-order valence-corrected chi connectivity index (χ1v) is 4.27. The standard InChI is InChI=1S/C11H13NO/c1-3-4-5-11(13)10-8-12-7-6-9(10)2/h1,6-8,11,13H,4-5H2,2H3. The van der Waals surface area contributed by atoms with Crippen molar-refractivity contribution in [2.45, 2.75) is 25.9 Å². The van der Waals surface area contributed by atoms with E-state index in [9.17, 15) is 5.11 Å². The minimum Gasteiger partial charge on any atom is -0.388 e. The molecule has 0 amide bonds. The summed E-state index contributed by atoms with van der Waals surface area (Å²) in [6.07, 6.45) is 9.23. The Hall–Kier alpha value is -1.33. The van der Waals surface area contributed by atoms with E-state index in [0.29, 0.717) is 12.8 Å². The molecule has 1 heterocycles. The summed E-state index contributed by atoms with van der Waals surface area (Å²) in [6, 6.07) is 1.88. The quantitative estimate of drug-likeness (QED) is 0.711. The van der Waals surface area contributed by atoms with Gasteiger partial charge in [-0.25, -0.2) is 0 Å². The average molecular weight is 175 g/mol. The van der Waals surface area contributed by atoms with Gasteiger partial charge < -0.3 is 5.11 Å². The molecule has 68 valence electrons. The second-order valence-corrected chi connectivity index (χ2v) is 2.99. The van der Waals surface area contributed by atoms with E-state index >= 15 is 0 Å². The van der Waals surface area contributed by atoms with Crippen LogP contribution in [0.15, 0.2) is 18.5 Å². The Balaban J connectivity index is 2.72. The molecular weight excluding hydrogens is 162 g/mol.